The number of anilines is 1. The highest BCUT2D eigenvalue weighted by atomic mass is 16.5. The number of primary amides is 1. The van der Waals surface area contributed by atoms with Crippen LogP contribution >= 0.6 is 0 Å². The molecule has 1 fully saturated rings. The van der Waals surface area contributed by atoms with E-state index in [1.165, 1.54) is 0 Å². The number of carbonyl (C=O) groups excluding carboxylic acids is 2. The second kappa shape index (κ2) is 12.0. The number of hydrazine groups is 1. The number of nitrogens with zero attached hydrogens (tertiary/aromatic N) is 3. The van der Waals surface area contributed by atoms with E-state index in [0.29, 0.717) is 24.3 Å². The van der Waals surface area contributed by atoms with Crippen molar-refractivity contribution in [3.8, 4) is 11.8 Å². The summed E-state index contributed by atoms with van der Waals surface area (Å²) in [4.78, 5) is 27.3. The molecular weight excluding hydrogens is 432 g/mol. The lowest BCUT2D eigenvalue weighted by Crippen LogP contribution is -2.48. The largest absolute Gasteiger partial charge is 0.484 e. The SMILES string of the molecule is CC(CC(N)=O)N1CCC(N(Cc2cccc(C#N)c2)c2ccc(OCC(=O)NN)cc2)CC1. The van der Waals surface area contributed by atoms with Gasteiger partial charge in [-0.25, -0.2) is 5.84 Å². The molecule has 0 spiro atoms. The van der Waals surface area contributed by atoms with Crippen molar-refractivity contribution in [3.63, 3.8) is 0 Å². The molecule has 0 aliphatic carbocycles. The maximum absolute atomic E-state index is 11.3. The second-order valence-corrected chi connectivity index (χ2v) is 8.58. The third kappa shape index (κ3) is 6.94. The molecule has 9 heteroatoms. The van der Waals surface area contributed by atoms with Gasteiger partial charge in [0.05, 0.1) is 11.6 Å². The molecule has 2 aromatic carbocycles. The van der Waals surface area contributed by atoms with Crippen molar-refractivity contribution in [2.24, 2.45) is 11.6 Å². The highest BCUT2D eigenvalue weighted by Gasteiger charge is 2.28. The molecule has 0 saturated carbocycles. The summed E-state index contributed by atoms with van der Waals surface area (Å²) < 4.78 is 5.47. The summed E-state index contributed by atoms with van der Waals surface area (Å²) in [6, 6.07) is 17.9. The van der Waals surface area contributed by atoms with Crippen LogP contribution in [0.25, 0.3) is 0 Å². The Kier molecular flexibility index (Phi) is 8.85. The quantitative estimate of drug-likeness (QED) is 0.276. The number of nitrogens with one attached hydrogen (secondary N) is 1. The molecule has 0 bridgehead atoms. The summed E-state index contributed by atoms with van der Waals surface area (Å²) in [7, 11) is 0. The van der Waals surface area contributed by atoms with Gasteiger partial charge in [-0.15, -0.1) is 0 Å². The van der Waals surface area contributed by atoms with Crippen molar-refractivity contribution in [2.75, 3.05) is 24.6 Å². The van der Waals surface area contributed by atoms with Gasteiger partial charge >= 0.3 is 0 Å². The summed E-state index contributed by atoms with van der Waals surface area (Å²) >= 11 is 0. The molecule has 0 radical (unpaired) electrons. The van der Waals surface area contributed by atoms with E-state index >= 15 is 0 Å². The highest BCUT2D eigenvalue weighted by Crippen LogP contribution is 2.28. The standard InChI is InChI=1S/C25H32N6O3/c1-18(13-24(27)32)30-11-9-22(10-12-30)31(16-20-4-2-3-19(14-20)15-26)21-5-7-23(8-6-21)34-17-25(33)29-28/h2-8,14,18,22H,9-13,16-17,28H2,1H3,(H2,27,32)(H,29,33). The van der Waals surface area contributed by atoms with Gasteiger partial charge < -0.3 is 15.4 Å². The van der Waals surface area contributed by atoms with Crippen LogP contribution in [-0.4, -0.2) is 48.5 Å². The van der Waals surface area contributed by atoms with Crippen LogP contribution in [0, 0.1) is 11.3 Å². The first kappa shape index (κ1) is 25.0. The molecule has 2 amide bonds. The van der Waals surface area contributed by atoms with Gasteiger partial charge in [0.2, 0.25) is 5.91 Å². The highest BCUT2D eigenvalue weighted by molar-refractivity contribution is 5.76. The Morgan fingerprint density at radius 1 is 1.24 bits per heavy atom. The topological polar surface area (TPSA) is 138 Å². The molecule has 1 unspecified atom stereocenters. The van der Waals surface area contributed by atoms with E-state index in [-0.39, 0.29) is 24.6 Å². The van der Waals surface area contributed by atoms with E-state index in [9.17, 15) is 14.9 Å². The number of benzene rings is 2. The number of nitriles is 1. The molecular formula is C25H32N6O3. The summed E-state index contributed by atoms with van der Waals surface area (Å²) in [6.07, 6.45) is 2.24. The Hall–Kier alpha value is -3.61. The zero-order valence-electron chi connectivity index (χ0n) is 19.4. The fraction of sp³-hybridized carbons (Fsp3) is 0.400. The molecule has 5 N–H and O–H groups in total. The Labute approximate surface area is 200 Å². The van der Waals surface area contributed by atoms with E-state index in [1.54, 1.807) is 6.07 Å². The van der Waals surface area contributed by atoms with E-state index < -0.39 is 5.91 Å². The molecule has 1 heterocycles. The van der Waals surface area contributed by atoms with Crippen molar-refractivity contribution in [3.05, 3.63) is 59.7 Å². The molecule has 1 atom stereocenters. The van der Waals surface area contributed by atoms with Crippen molar-refractivity contribution in [1.82, 2.24) is 10.3 Å². The monoisotopic (exact) mass is 464 g/mol. The van der Waals surface area contributed by atoms with Gasteiger partial charge in [0.25, 0.3) is 5.91 Å². The fourth-order valence-electron chi connectivity index (χ4n) is 4.35. The maximum Gasteiger partial charge on any atom is 0.271 e. The number of hydrogen-bond donors (Lipinski definition) is 3. The van der Waals surface area contributed by atoms with Crippen molar-refractivity contribution in [2.45, 2.75) is 44.8 Å². The van der Waals surface area contributed by atoms with Crippen molar-refractivity contribution >= 4 is 17.5 Å². The van der Waals surface area contributed by atoms with Crippen LogP contribution in [0.1, 0.15) is 37.3 Å². The van der Waals surface area contributed by atoms with Gasteiger partial charge in [0.15, 0.2) is 6.61 Å². The normalized spacial score (nSPS) is 15.2. The van der Waals surface area contributed by atoms with Crippen LogP contribution in [-0.2, 0) is 16.1 Å². The van der Waals surface area contributed by atoms with Gasteiger partial charge in [-0.05, 0) is 61.7 Å². The van der Waals surface area contributed by atoms with Crippen LogP contribution < -0.4 is 26.6 Å². The summed E-state index contributed by atoms with van der Waals surface area (Å²) in [5, 5.41) is 9.29. The minimum Gasteiger partial charge on any atom is -0.484 e. The summed E-state index contributed by atoms with van der Waals surface area (Å²) in [6.45, 7) is 4.31. The van der Waals surface area contributed by atoms with E-state index in [4.69, 9.17) is 16.3 Å². The predicted molar refractivity (Wildman–Crippen MR) is 129 cm³/mol. The van der Waals surface area contributed by atoms with Gasteiger partial charge in [-0.3, -0.25) is 19.9 Å². The van der Waals surface area contributed by atoms with Gasteiger partial charge in [0.1, 0.15) is 5.75 Å². The lowest BCUT2D eigenvalue weighted by molar-refractivity contribution is -0.123. The first-order chi connectivity index (χ1) is 16.4. The fourth-order valence-corrected chi connectivity index (χ4v) is 4.35. The van der Waals surface area contributed by atoms with E-state index in [1.807, 2.05) is 54.8 Å². The van der Waals surface area contributed by atoms with Crippen LogP contribution in [0.15, 0.2) is 48.5 Å². The average Bonchev–Trinajstić information content (AvgIpc) is 2.86. The van der Waals surface area contributed by atoms with Gasteiger partial charge in [-0.2, -0.15) is 5.26 Å². The zero-order valence-corrected chi connectivity index (χ0v) is 19.4. The van der Waals surface area contributed by atoms with Crippen molar-refractivity contribution in [1.29, 1.82) is 5.26 Å². The summed E-state index contributed by atoms with van der Waals surface area (Å²) in [5.74, 6) is 4.99. The second-order valence-electron chi connectivity index (χ2n) is 8.58. The summed E-state index contributed by atoms with van der Waals surface area (Å²) in [5.41, 5.74) is 10.1. The van der Waals surface area contributed by atoms with Crippen LogP contribution in [0.5, 0.6) is 5.75 Å². The van der Waals surface area contributed by atoms with Gasteiger partial charge in [0, 0.05) is 43.8 Å². The van der Waals surface area contributed by atoms with Crippen LogP contribution in [0.2, 0.25) is 0 Å². The average molecular weight is 465 g/mol. The Bertz CT molecular complexity index is 1010. The Balaban J connectivity index is 1.76. The van der Waals surface area contributed by atoms with Crippen molar-refractivity contribution < 1.29 is 14.3 Å². The number of ether oxygens (including phenoxy) is 1. The molecule has 2 aromatic rings. The van der Waals surface area contributed by atoms with Gasteiger partial charge in [-0.1, -0.05) is 12.1 Å². The van der Waals surface area contributed by atoms with Crippen LogP contribution in [0.4, 0.5) is 5.69 Å². The molecule has 9 nitrogen and oxygen atoms in total. The number of nitrogens with two attached hydrogens (primary N) is 2. The Morgan fingerprint density at radius 2 is 1.94 bits per heavy atom. The number of hydrogen-bond acceptors (Lipinski definition) is 7. The van der Waals surface area contributed by atoms with E-state index in [0.717, 1.165) is 37.2 Å². The third-order valence-corrected chi connectivity index (χ3v) is 6.17. The molecule has 1 saturated heterocycles. The third-order valence-electron chi connectivity index (χ3n) is 6.17. The smallest absolute Gasteiger partial charge is 0.271 e. The molecule has 34 heavy (non-hydrogen) atoms. The molecule has 3 rings (SSSR count). The molecule has 180 valence electrons. The predicted octanol–water partition coefficient (Wildman–Crippen LogP) is 1.66. The zero-order chi connectivity index (χ0) is 24.5. The minimum absolute atomic E-state index is 0.126. The lowest BCUT2D eigenvalue weighted by atomic mass is 9.99. The number of amides is 2. The number of likely N-dealkylation sites (tertiary alicyclic amines) is 1. The number of carbonyl (C=O) groups is 2. The maximum atomic E-state index is 11.3. The number of piperidine rings is 1. The lowest BCUT2D eigenvalue weighted by Gasteiger charge is -2.41. The first-order valence-electron chi connectivity index (χ1n) is 11.4. The Morgan fingerprint density at radius 3 is 2.56 bits per heavy atom. The molecule has 0 aromatic heterocycles. The number of rotatable bonds is 10. The van der Waals surface area contributed by atoms with E-state index in [2.05, 4.69) is 15.9 Å². The van der Waals surface area contributed by atoms with Crippen LogP contribution in [0.3, 0.4) is 0 Å². The molecule has 1 aliphatic rings. The minimum atomic E-state index is -0.402. The molecule has 1 aliphatic heterocycles. The first-order valence-corrected chi connectivity index (χ1v) is 11.4.